The normalized spacial score (nSPS) is 12.4. The van der Waals surface area contributed by atoms with Crippen LogP contribution in [-0.2, 0) is 56.2 Å². The summed E-state index contributed by atoms with van der Waals surface area (Å²) >= 11 is 0. The van der Waals surface area contributed by atoms with Crippen LogP contribution in [0.25, 0.3) is 11.3 Å². The Kier molecular flexibility index (Phi) is 21.1. The van der Waals surface area contributed by atoms with Gasteiger partial charge in [0.05, 0.1) is 42.6 Å². The van der Waals surface area contributed by atoms with Gasteiger partial charge in [-0.3, -0.25) is 28.8 Å². The maximum Gasteiger partial charge on any atom is 0.329 e. The standard InChI is InChI=1S/C50H62N4O13/c1-7-10-13-22-37(40(8-2)54(32-55)66-33-65-49(61)50(4,5)6)45(57)51-31-52-47(59)42-26-25-41(67-42)36-23-24-38(43(27-36)62-9-3)46(58)53-39(48(60)64-30-35-20-16-12-17-21-35)28-44(56)63-29-34-18-14-11-15-19-34/h11-12,14-21,23-27,32,37,39-40H,7-10,13,22,28-31,33H2,1-6H3,(H,51,57)(H,52,59)(H,53,58). The highest BCUT2D eigenvalue weighted by molar-refractivity contribution is 6.00. The van der Waals surface area contributed by atoms with E-state index in [1.54, 1.807) is 101 Å². The first kappa shape index (κ1) is 52.6. The van der Waals surface area contributed by atoms with Gasteiger partial charge in [-0.25, -0.2) is 14.7 Å². The Morgan fingerprint density at radius 2 is 1.45 bits per heavy atom. The number of esters is 3. The number of unbranched alkanes of at least 4 members (excludes halogenated alkanes) is 2. The molecule has 3 N–H and O–H groups in total. The summed E-state index contributed by atoms with van der Waals surface area (Å²) in [5.41, 5.74) is 1.19. The maximum absolute atomic E-state index is 13.8. The Hall–Kier alpha value is -7.01. The Labute approximate surface area is 391 Å². The first-order valence-electron chi connectivity index (χ1n) is 22.4. The Bertz CT molecular complexity index is 2240. The summed E-state index contributed by atoms with van der Waals surface area (Å²) in [4.78, 5) is 96.7. The average Bonchev–Trinajstić information content (AvgIpc) is 3.83. The molecule has 0 bridgehead atoms. The fourth-order valence-electron chi connectivity index (χ4n) is 6.72. The molecule has 4 rings (SSSR count). The lowest BCUT2D eigenvalue weighted by Crippen LogP contribution is -2.48. The van der Waals surface area contributed by atoms with Gasteiger partial charge < -0.3 is 39.3 Å². The number of benzene rings is 3. The number of nitrogens with one attached hydrogen (secondary N) is 3. The van der Waals surface area contributed by atoms with Crippen molar-refractivity contribution in [2.75, 3.05) is 20.1 Å². The Morgan fingerprint density at radius 1 is 0.776 bits per heavy atom. The molecule has 0 aliphatic rings. The molecule has 1 heterocycles. The molecule has 0 fully saturated rings. The second-order valence-corrected chi connectivity index (χ2v) is 16.5. The van der Waals surface area contributed by atoms with Gasteiger partial charge in [0.25, 0.3) is 11.8 Å². The lowest BCUT2D eigenvalue weighted by Gasteiger charge is -2.32. The number of carbonyl (C=O) groups excluding carboxylic acids is 7. The van der Waals surface area contributed by atoms with Crippen molar-refractivity contribution in [3.05, 3.63) is 113 Å². The van der Waals surface area contributed by atoms with Crippen molar-refractivity contribution in [3.63, 3.8) is 0 Å². The number of carbonyl (C=O) groups is 7. The van der Waals surface area contributed by atoms with Gasteiger partial charge >= 0.3 is 17.9 Å². The van der Waals surface area contributed by atoms with Crippen LogP contribution in [0.15, 0.2) is 95.4 Å². The summed E-state index contributed by atoms with van der Waals surface area (Å²) in [5, 5.41) is 8.97. The lowest BCUT2D eigenvalue weighted by atomic mass is 9.90. The predicted molar refractivity (Wildman–Crippen MR) is 245 cm³/mol. The zero-order valence-corrected chi connectivity index (χ0v) is 39.0. The molecule has 3 unspecified atom stereocenters. The monoisotopic (exact) mass is 926 g/mol. The van der Waals surface area contributed by atoms with Gasteiger partial charge in [0, 0.05) is 5.56 Å². The minimum absolute atomic E-state index is 0.0268. The average molecular weight is 927 g/mol. The van der Waals surface area contributed by atoms with Gasteiger partial charge in [-0.2, -0.15) is 0 Å². The molecule has 0 aliphatic carbocycles. The molecule has 0 spiro atoms. The highest BCUT2D eigenvalue weighted by atomic mass is 16.8. The van der Waals surface area contributed by atoms with E-state index in [2.05, 4.69) is 16.0 Å². The quantitative estimate of drug-likeness (QED) is 0.0137. The highest BCUT2D eigenvalue weighted by Crippen LogP contribution is 2.30. The number of amides is 4. The molecule has 17 heteroatoms. The molecular weight excluding hydrogens is 865 g/mol. The lowest BCUT2D eigenvalue weighted by molar-refractivity contribution is -0.236. The van der Waals surface area contributed by atoms with Crippen molar-refractivity contribution in [1.29, 1.82) is 0 Å². The predicted octanol–water partition coefficient (Wildman–Crippen LogP) is 7.04. The molecule has 360 valence electrons. The molecule has 0 aliphatic heterocycles. The molecule has 0 saturated heterocycles. The van der Waals surface area contributed by atoms with Gasteiger partial charge in [0.1, 0.15) is 30.8 Å². The van der Waals surface area contributed by atoms with Crippen LogP contribution >= 0.6 is 0 Å². The molecule has 3 atom stereocenters. The molecule has 17 nitrogen and oxygen atoms in total. The minimum atomic E-state index is -1.40. The van der Waals surface area contributed by atoms with E-state index in [0.717, 1.165) is 23.5 Å². The van der Waals surface area contributed by atoms with Crippen LogP contribution in [0.1, 0.15) is 112 Å². The number of hydrogen-bond donors (Lipinski definition) is 3. The van der Waals surface area contributed by atoms with E-state index in [-0.39, 0.29) is 49.3 Å². The summed E-state index contributed by atoms with van der Waals surface area (Å²) in [6.07, 6.45) is 3.19. The highest BCUT2D eigenvalue weighted by Gasteiger charge is 2.33. The molecule has 0 saturated carbocycles. The summed E-state index contributed by atoms with van der Waals surface area (Å²) in [6.45, 7) is 9.91. The van der Waals surface area contributed by atoms with Gasteiger partial charge in [-0.1, -0.05) is 99.8 Å². The Morgan fingerprint density at radius 3 is 2.06 bits per heavy atom. The van der Waals surface area contributed by atoms with E-state index >= 15 is 0 Å². The maximum atomic E-state index is 13.8. The van der Waals surface area contributed by atoms with Crippen molar-refractivity contribution < 1.29 is 61.8 Å². The van der Waals surface area contributed by atoms with Gasteiger partial charge in [-0.05, 0) is 75.9 Å². The minimum Gasteiger partial charge on any atom is -0.493 e. The van der Waals surface area contributed by atoms with Gasteiger partial charge in [-0.15, -0.1) is 0 Å². The Balaban J connectivity index is 1.42. The third kappa shape index (κ3) is 16.7. The van der Waals surface area contributed by atoms with Crippen LogP contribution in [0.2, 0.25) is 0 Å². The fourth-order valence-corrected chi connectivity index (χ4v) is 6.72. The SMILES string of the molecule is CCCCCC(C(=O)NCNC(=O)c1ccc(-c2ccc(C(=O)NC(CC(=O)OCc3ccccc3)C(=O)OCc3ccccc3)c(OCC)c2)o1)C(CC)N(C=O)OCOC(=O)C(C)(C)C. The summed E-state index contributed by atoms with van der Waals surface area (Å²) in [6, 6.07) is 23.4. The van der Waals surface area contributed by atoms with Crippen LogP contribution in [0.4, 0.5) is 0 Å². The van der Waals surface area contributed by atoms with E-state index in [4.69, 9.17) is 28.2 Å². The number of rotatable bonds is 27. The van der Waals surface area contributed by atoms with Crippen molar-refractivity contribution in [2.24, 2.45) is 11.3 Å². The van der Waals surface area contributed by atoms with Crippen LogP contribution in [0.5, 0.6) is 5.75 Å². The van der Waals surface area contributed by atoms with Crippen LogP contribution in [0, 0.1) is 11.3 Å². The molecule has 67 heavy (non-hydrogen) atoms. The second kappa shape index (κ2) is 26.8. The first-order valence-corrected chi connectivity index (χ1v) is 22.4. The van der Waals surface area contributed by atoms with Crippen LogP contribution in [0.3, 0.4) is 0 Å². The van der Waals surface area contributed by atoms with E-state index in [9.17, 15) is 33.6 Å². The van der Waals surface area contributed by atoms with Crippen LogP contribution < -0.4 is 20.7 Å². The van der Waals surface area contributed by atoms with E-state index in [1.807, 2.05) is 19.1 Å². The second-order valence-electron chi connectivity index (χ2n) is 16.5. The fraction of sp³-hybridized carbons (Fsp3) is 0.420. The van der Waals surface area contributed by atoms with Crippen molar-refractivity contribution in [1.82, 2.24) is 21.0 Å². The van der Waals surface area contributed by atoms with Gasteiger partial charge in [0.15, 0.2) is 5.76 Å². The zero-order valence-electron chi connectivity index (χ0n) is 39.0. The molecule has 4 amide bonds. The van der Waals surface area contributed by atoms with E-state index in [1.165, 1.54) is 12.1 Å². The van der Waals surface area contributed by atoms with Gasteiger partial charge in [0.2, 0.25) is 19.1 Å². The third-order valence-electron chi connectivity index (χ3n) is 10.4. The summed E-state index contributed by atoms with van der Waals surface area (Å²) < 4.78 is 27.8. The third-order valence-corrected chi connectivity index (χ3v) is 10.4. The zero-order chi connectivity index (χ0) is 48.8. The summed E-state index contributed by atoms with van der Waals surface area (Å²) in [7, 11) is 0. The van der Waals surface area contributed by atoms with E-state index < -0.39 is 72.3 Å². The molecule has 0 radical (unpaired) electrons. The first-order chi connectivity index (χ1) is 32.2. The molecule has 4 aromatic rings. The van der Waals surface area contributed by atoms with Crippen molar-refractivity contribution >= 4 is 42.0 Å². The number of ether oxygens (including phenoxy) is 4. The summed E-state index contributed by atoms with van der Waals surface area (Å²) in [5.74, 6) is -4.25. The molecule has 1 aromatic heterocycles. The van der Waals surface area contributed by atoms with E-state index in [0.29, 0.717) is 36.8 Å². The smallest absolute Gasteiger partial charge is 0.329 e. The topological polar surface area (TPSA) is 218 Å². The van der Waals surface area contributed by atoms with Crippen LogP contribution in [-0.4, -0.2) is 79.3 Å². The number of hydrogen-bond acceptors (Lipinski definition) is 13. The largest absolute Gasteiger partial charge is 0.493 e. The number of nitrogens with zero attached hydrogens (tertiary/aromatic N) is 1. The number of hydroxylamine groups is 2. The molecule has 3 aromatic carbocycles. The number of furan rings is 1. The van der Waals surface area contributed by atoms with Crippen molar-refractivity contribution in [2.45, 2.75) is 105 Å². The molecular formula is C50H62N4O13. The van der Waals surface area contributed by atoms with Crippen molar-refractivity contribution in [3.8, 4) is 17.1 Å².